The fraction of sp³-hybridized carbons (Fsp3) is 0.667. The van der Waals surface area contributed by atoms with E-state index in [1.807, 2.05) is 6.07 Å². The van der Waals surface area contributed by atoms with E-state index in [0.29, 0.717) is 30.9 Å². The topological polar surface area (TPSA) is 57.2 Å². The van der Waals surface area contributed by atoms with Gasteiger partial charge in [0.25, 0.3) is 0 Å². The quantitative estimate of drug-likeness (QED) is 0.277. The molecule has 0 spiro atoms. The van der Waals surface area contributed by atoms with Gasteiger partial charge in [0.05, 0.1) is 13.2 Å². The fourth-order valence-corrected chi connectivity index (χ4v) is 4.46. The van der Waals surface area contributed by atoms with Gasteiger partial charge in [0, 0.05) is 51.1 Å². The third-order valence-electron chi connectivity index (χ3n) is 6.13. The van der Waals surface area contributed by atoms with Gasteiger partial charge >= 0.3 is 0 Å². The Kier molecular flexibility index (Phi) is 11.6. The molecule has 7 heteroatoms. The number of hydrogen-bond donors (Lipinski definition) is 1. The van der Waals surface area contributed by atoms with Crippen LogP contribution in [0.15, 0.2) is 35.3 Å². The Morgan fingerprint density at radius 2 is 2.06 bits per heavy atom. The molecule has 2 atom stereocenters. The van der Waals surface area contributed by atoms with Crippen molar-refractivity contribution in [3.63, 3.8) is 0 Å². The molecule has 1 N–H and O–H groups in total. The summed E-state index contributed by atoms with van der Waals surface area (Å²) in [6, 6.07) is 10.7. The molecule has 1 aromatic carbocycles. The van der Waals surface area contributed by atoms with Crippen molar-refractivity contribution in [2.24, 2.45) is 10.9 Å². The number of guanidine groups is 1. The highest BCUT2D eigenvalue weighted by atomic mass is 127. The average Bonchev–Trinajstić information content (AvgIpc) is 3.40. The highest BCUT2D eigenvalue weighted by Gasteiger charge is 2.27. The molecule has 2 aliphatic heterocycles. The van der Waals surface area contributed by atoms with E-state index in [1.54, 1.807) is 0 Å². The van der Waals surface area contributed by atoms with E-state index in [0.717, 1.165) is 71.0 Å². The van der Waals surface area contributed by atoms with Gasteiger partial charge in [-0.25, -0.2) is 0 Å². The van der Waals surface area contributed by atoms with Crippen molar-refractivity contribution in [1.82, 2.24) is 15.1 Å². The molecule has 3 rings (SSSR count). The highest BCUT2D eigenvalue weighted by Crippen LogP contribution is 2.19. The van der Waals surface area contributed by atoms with Crippen LogP contribution in [-0.2, 0) is 16.1 Å². The normalized spacial score (nSPS) is 20.1. The van der Waals surface area contributed by atoms with E-state index < -0.39 is 0 Å². The van der Waals surface area contributed by atoms with Crippen LogP contribution in [0.2, 0.25) is 0 Å². The van der Waals surface area contributed by atoms with Crippen LogP contribution < -0.4 is 5.32 Å². The number of ether oxygens (including phenoxy) is 1. The van der Waals surface area contributed by atoms with E-state index >= 15 is 0 Å². The van der Waals surface area contributed by atoms with Crippen LogP contribution >= 0.6 is 24.0 Å². The lowest BCUT2D eigenvalue weighted by Gasteiger charge is -2.27. The Morgan fingerprint density at radius 1 is 1.26 bits per heavy atom. The number of aliphatic imine (C=N–C) groups is 1. The van der Waals surface area contributed by atoms with Crippen LogP contribution in [0.3, 0.4) is 0 Å². The van der Waals surface area contributed by atoms with Crippen molar-refractivity contribution in [1.29, 1.82) is 0 Å². The smallest absolute Gasteiger partial charge is 0.222 e. The first kappa shape index (κ1) is 25.9. The first-order chi connectivity index (χ1) is 14.7. The second-order valence-corrected chi connectivity index (χ2v) is 8.38. The third kappa shape index (κ3) is 7.93. The summed E-state index contributed by atoms with van der Waals surface area (Å²) in [5.41, 5.74) is 1.23. The molecule has 1 amide bonds. The van der Waals surface area contributed by atoms with Gasteiger partial charge in [-0.2, -0.15) is 0 Å². The zero-order valence-electron chi connectivity index (χ0n) is 19.1. The van der Waals surface area contributed by atoms with Gasteiger partial charge in [-0.15, -0.1) is 24.0 Å². The Balaban J connectivity index is 0.00000341. The van der Waals surface area contributed by atoms with Gasteiger partial charge in [0.2, 0.25) is 5.91 Å². The molecule has 0 bridgehead atoms. The van der Waals surface area contributed by atoms with Gasteiger partial charge in [-0.3, -0.25) is 9.79 Å². The van der Waals surface area contributed by atoms with Gasteiger partial charge < -0.3 is 19.9 Å². The standard InChI is InChI=1S/C24H38N4O2.HI/c1-3-22(28-15-8-11-23(28)29)12-14-26-24(25-4-2)27-16-13-21(17-27)19-30-18-20-9-6-5-7-10-20;/h5-7,9-10,21-22H,3-4,8,11-19H2,1-2H3,(H,25,26);1H. The molecule has 0 aliphatic carbocycles. The summed E-state index contributed by atoms with van der Waals surface area (Å²) < 4.78 is 5.96. The molecular weight excluding hydrogens is 503 g/mol. The monoisotopic (exact) mass is 542 g/mol. The molecule has 31 heavy (non-hydrogen) atoms. The molecule has 1 aromatic rings. The number of likely N-dealkylation sites (tertiary alicyclic amines) is 2. The zero-order valence-corrected chi connectivity index (χ0v) is 21.4. The third-order valence-corrected chi connectivity index (χ3v) is 6.13. The molecule has 6 nitrogen and oxygen atoms in total. The Bertz CT molecular complexity index is 685. The van der Waals surface area contributed by atoms with Crippen LogP contribution in [0, 0.1) is 5.92 Å². The number of hydrogen-bond acceptors (Lipinski definition) is 3. The minimum atomic E-state index is 0. The molecule has 2 heterocycles. The maximum atomic E-state index is 12.1. The van der Waals surface area contributed by atoms with E-state index in [1.165, 1.54) is 5.56 Å². The summed E-state index contributed by atoms with van der Waals surface area (Å²) in [6.07, 6.45) is 4.79. The van der Waals surface area contributed by atoms with Crippen molar-refractivity contribution in [3.8, 4) is 0 Å². The number of nitrogens with zero attached hydrogens (tertiary/aromatic N) is 3. The number of amides is 1. The van der Waals surface area contributed by atoms with Gasteiger partial charge in [-0.1, -0.05) is 37.3 Å². The van der Waals surface area contributed by atoms with Crippen LogP contribution in [0.4, 0.5) is 0 Å². The molecule has 0 radical (unpaired) electrons. The summed E-state index contributed by atoms with van der Waals surface area (Å²) in [5.74, 6) is 1.87. The van der Waals surface area contributed by atoms with Crippen molar-refractivity contribution in [3.05, 3.63) is 35.9 Å². The predicted molar refractivity (Wildman–Crippen MR) is 137 cm³/mol. The number of rotatable bonds is 10. The van der Waals surface area contributed by atoms with Crippen LogP contribution in [0.5, 0.6) is 0 Å². The second-order valence-electron chi connectivity index (χ2n) is 8.38. The second kappa shape index (κ2) is 13.9. The number of carbonyl (C=O) groups excluding carboxylic acids is 1. The first-order valence-corrected chi connectivity index (χ1v) is 11.7. The minimum absolute atomic E-state index is 0. The lowest BCUT2D eigenvalue weighted by atomic mass is 10.1. The predicted octanol–water partition coefficient (Wildman–Crippen LogP) is 3.90. The molecule has 2 fully saturated rings. The van der Waals surface area contributed by atoms with Crippen LogP contribution in [0.25, 0.3) is 0 Å². The maximum absolute atomic E-state index is 12.1. The van der Waals surface area contributed by atoms with E-state index in [-0.39, 0.29) is 24.0 Å². The first-order valence-electron chi connectivity index (χ1n) is 11.7. The van der Waals surface area contributed by atoms with Crippen molar-refractivity contribution < 1.29 is 9.53 Å². The van der Waals surface area contributed by atoms with Gasteiger partial charge in [-0.05, 0) is 38.2 Å². The lowest BCUT2D eigenvalue weighted by molar-refractivity contribution is -0.129. The summed E-state index contributed by atoms with van der Waals surface area (Å²) in [4.78, 5) is 21.4. The fourth-order valence-electron chi connectivity index (χ4n) is 4.46. The van der Waals surface area contributed by atoms with Crippen molar-refractivity contribution in [2.75, 3.05) is 39.3 Å². The number of benzene rings is 1. The summed E-state index contributed by atoms with van der Waals surface area (Å²) >= 11 is 0. The summed E-state index contributed by atoms with van der Waals surface area (Å²) in [7, 11) is 0. The number of nitrogens with one attached hydrogen (secondary N) is 1. The maximum Gasteiger partial charge on any atom is 0.222 e. The molecule has 2 saturated heterocycles. The molecule has 2 aliphatic rings. The molecular formula is C24H39IN4O2. The zero-order chi connectivity index (χ0) is 21.2. The van der Waals surface area contributed by atoms with Gasteiger partial charge in [0.1, 0.15) is 0 Å². The number of halogens is 1. The minimum Gasteiger partial charge on any atom is -0.376 e. The van der Waals surface area contributed by atoms with Crippen molar-refractivity contribution in [2.45, 2.75) is 58.6 Å². The molecule has 0 saturated carbocycles. The Labute approximate surface area is 204 Å². The van der Waals surface area contributed by atoms with E-state index in [4.69, 9.17) is 9.73 Å². The van der Waals surface area contributed by atoms with Crippen molar-refractivity contribution >= 4 is 35.8 Å². The Morgan fingerprint density at radius 3 is 2.74 bits per heavy atom. The SMILES string of the molecule is CCNC(=NCCC(CC)N1CCCC1=O)N1CCC(COCc2ccccc2)C1.I. The van der Waals surface area contributed by atoms with E-state index in [9.17, 15) is 4.79 Å². The van der Waals surface area contributed by atoms with E-state index in [2.05, 4.69) is 53.2 Å². The van der Waals surface area contributed by atoms with Crippen LogP contribution in [-0.4, -0.2) is 67.0 Å². The highest BCUT2D eigenvalue weighted by molar-refractivity contribution is 14.0. The average molecular weight is 543 g/mol. The largest absolute Gasteiger partial charge is 0.376 e. The Hall–Kier alpha value is -1.35. The number of carbonyl (C=O) groups is 1. The van der Waals surface area contributed by atoms with Gasteiger partial charge in [0.15, 0.2) is 5.96 Å². The lowest BCUT2D eigenvalue weighted by Crippen LogP contribution is -2.41. The van der Waals surface area contributed by atoms with Crippen LogP contribution in [0.1, 0.15) is 51.5 Å². The molecule has 2 unspecified atom stereocenters. The summed E-state index contributed by atoms with van der Waals surface area (Å²) in [6.45, 7) is 10.3. The summed E-state index contributed by atoms with van der Waals surface area (Å²) in [5, 5.41) is 3.45. The molecule has 174 valence electrons. The molecule has 0 aromatic heterocycles.